The highest BCUT2D eigenvalue weighted by Crippen LogP contribution is 2.22. The van der Waals surface area contributed by atoms with E-state index in [1.165, 1.54) is 6.42 Å². The summed E-state index contributed by atoms with van der Waals surface area (Å²) in [6.07, 6.45) is 9.88. The number of carbonyl (C=O) groups is 1. The Kier molecular flexibility index (Phi) is 7.14. The highest BCUT2D eigenvalue weighted by Gasteiger charge is 2.27. The molecule has 6 heteroatoms. The Morgan fingerprint density at radius 1 is 1.35 bits per heavy atom. The second-order valence-electron chi connectivity index (χ2n) is 6.80. The van der Waals surface area contributed by atoms with Crippen molar-refractivity contribution in [3.05, 3.63) is 34.9 Å². The van der Waals surface area contributed by atoms with Crippen molar-refractivity contribution in [1.29, 1.82) is 0 Å². The molecule has 0 aromatic carbocycles. The molecule has 1 atom stereocenters. The minimum atomic E-state index is 0.0712. The van der Waals surface area contributed by atoms with Gasteiger partial charge in [0.15, 0.2) is 0 Å². The summed E-state index contributed by atoms with van der Waals surface area (Å²) in [6.45, 7) is 4.98. The van der Waals surface area contributed by atoms with Crippen molar-refractivity contribution in [2.24, 2.45) is 0 Å². The lowest BCUT2D eigenvalue weighted by Crippen LogP contribution is -2.49. The van der Waals surface area contributed by atoms with Crippen molar-refractivity contribution in [3.63, 3.8) is 0 Å². The molecule has 0 bridgehead atoms. The van der Waals surface area contributed by atoms with Gasteiger partial charge < -0.3 is 5.32 Å². The van der Waals surface area contributed by atoms with Crippen molar-refractivity contribution in [3.8, 4) is 11.3 Å². The average molecular weight is 373 g/mol. The molecule has 3 rings (SSSR count). The van der Waals surface area contributed by atoms with E-state index in [2.05, 4.69) is 27.5 Å². The summed E-state index contributed by atoms with van der Waals surface area (Å²) in [6, 6.07) is 4.03. The molecular weight excluding hydrogens is 344 g/mol. The van der Waals surface area contributed by atoms with E-state index in [1.807, 2.05) is 12.1 Å². The second-order valence-corrected chi connectivity index (χ2v) is 7.75. The molecule has 0 radical (unpaired) electrons. The summed E-state index contributed by atoms with van der Waals surface area (Å²) >= 11 is 1.69. The normalized spacial score (nSPS) is 18.0. The van der Waals surface area contributed by atoms with E-state index in [9.17, 15) is 4.79 Å². The first kappa shape index (κ1) is 19.0. The zero-order valence-electron chi connectivity index (χ0n) is 15.5. The first-order valence-electron chi connectivity index (χ1n) is 9.64. The first-order chi connectivity index (χ1) is 12.8. The van der Waals surface area contributed by atoms with Gasteiger partial charge in [0, 0.05) is 36.3 Å². The quantitative estimate of drug-likeness (QED) is 0.720. The fourth-order valence-corrected chi connectivity index (χ4v) is 4.34. The molecule has 1 aliphatic rings. The third-order valence-electron chi connectivity index (χ3n) is 4.82. The molecule has 2 aromatic rings. The largest absolute Gasteiger partial charge is 0.355 e. The van der Waals surface area contributed by atoms with E-state index < -0.39 is 0 Å². The predicted molar refractivity (Wildman–Crippen MR) is 106 cm³/mol. The molecule has 0 spiro atoms. The number of pyridine rings is 1. The Morgan fingerprint density at radius 2 is 2.19 bits per heavy atom. The second kappa shape index (κ2) is 9.78. The van der Waals surface area contributed by atoms with Gasteiger partial charge in [-0.25, -0.2) is 4.98 Å². The van der Waals surface area contributed by atoms with Crippen LogP contribution in [0.3, 0.4) is 0 Å². The molecule has 2 aromatic heterocycles. The maximum Gasteiger partial charge on any atom is 0.237 e. The summed E-state index contributed by atoms with van der Waals surface area (Å²) in [5.41, 5.74) is 2.11. The van der Waals surface area contributed by atoms with E-state index in [4.69, 9.17) is 4.98 Å². The lowest BCUT2D eigenvalue weighted by atomic mass is 10.0. The lowest BCUT2D eigenvalue weighted by molar-refractivity contribution is -0.127. The summed E-state index contributed by atoms with van der Waals surface area (Å²) in [5.74, 6) is 0.203. The maximum absolute atomic E-state index is 12.5. The number of thiazole rings is 1. The smallest absolute Gasteiger partial charge is 0.237 e. The van der Waals surface area contributed by atoms with Crippen molar-refractivity contribution >= 4 is 17.2 Å². The van der Waals surface area contributed by atoms with Gasteiger partial charge in [-0.05, 0) is 50.9 Å². The highest BCUT2D eigenvalue weighted by atomic mass is 32.1. The molecule has 3 heterocycles. The van der Waals surface area contributed by atoms with E-state index in [1.54, 1.807) is 23.7 Å². The van der Waals surface area contributed by atoms with Gasteiger partial charge in [-0.1, -0.05) is 13.3 Å². The number of hydrogen-bond donors (Lipinski definition) is 1. The number of amides is 1. The Hall–Kier alpha value is -1.79. The van der Waals surface area contributed by atoms with Crippen molar-refractivity contribution in [1.82, 2.24) is 20.2 Å². The van der Waals surface area contributed by atoms with E-state index >= 15 is 0 Å². The summed E-state index contributed by atoms with van der Waals surface area (Å²) in [4.78, 5) is 23.6. The standard InChI is InChI=1S/C20H28N4OS/c1-2-13-24-14-4-3-6-18(24)20(25)22-10-5-7-19-23-17(15-26-19)16-8-11-21-12-9-16/h8-9,11-12,15,18H,2-7,10,13-14H2,1H3,(H,22,25). The third-order valence-corrected chi connectivity index (χ3v) is 5.73. The molecule has 1 saturated heterocycles. The number of nitrogens with one attached hydrogen (secondary N) is 1. The Balaban J connectivity index is 1.42. The predicted octanol–water partition coefficient (Wildman–Crippen LogP) is 3.52. The molecular formula is C20H28N4OS. The fourth-order valence-electron chi connectivity index (χ4n) is 3.49. The van der Waals surface area contributed by atoms with E-state index in [0.717, 1.165) is 68.0 Å². The number of carbonyl (C=O) groups excluding carboxylic acids is 1. The summed E-state index contributed by atoms with van der Waals surface area (Å²) in [7, 11) is 0. The van der Waals surface area contributed by atoms with Gasteiger partial charge in [0.05, 0.1) is 16.7 Å². The Bertz CT molecular complexity index is 686. The number of aryl methyl sites for hydroxylation is 1. The number of hydrogen-bond acceptors (Lipinski definition) is 5. The van der Waals surface area contributed by atoms with Crippen molar-refractivity contribution in [2.45, 2.75) is 51.5 Å². The lowest BCUT2D eigenvalue weighted by Gasteiger charge is -2.34. The summed E-state index contributed by atoms with van der Waals surface area (Å²) in [5, 5.41) is 6.35. The molecule has 140 valence electrons. The zero-order valence-corrected chi connectivity index (χ0v) is 16.3. The minimum absolute atomic E-state index is 0.0712. The van der Waals surface area contributed by atoms with E-state index in [-0.39, 0.29) is 11.9 Å². The van der Waals surface area contributed by atoms with Crippen LogP contribution >= 0.6 is 11.3 Å². The third kappa shape index (κ3) is 5.11. The Labute approximate surface area is 159 Å². The van der Waals surface area contributed by atoms with Crippen LogP contribution in [-0.4, -0.2) is 46.5 Å². The van der Waals surface area contributed by atoms with Crippen LogP contribution in [0, 0.1) is 0 Å². The molecule has 1 N–H and O–H groups in total. The first-order valence-corrected chi connectivity index (χ1v) is 10.5. The molecule has 5 nitrogen and oxygen atoms in total. The number of rotatable bonds is 8. The maximum atomic E-state index is 12.5. The van der Waals surface area contributed by atoms with Crippen LogP contribution in [0.15, 0.2) is 29.9 Å². The molecule has 0 saturated carbocycles. The van der Waals surface area contributed by atoms with Gasteiger partial charge in [0.2, 0.25) is 5.91 Å². The van der Waals surface area contributed by atoms with Gasteiger partial charge in [-0.3, -0.25) is 14.7 Å². The van der Waals surface area contributed by atoms with Gasteiger partial charge >= 0.3 is 0 Å². The topological polar surface area (TPSA) is 58.1 Å². The average Bonchev–Trinajstić information content (AvgIpc) is 3.15. The number of aromatic nitrogens is 2. The van der Waals surface area contributed by atoms with Crippen LogP contribution in [-0.2, 0) is 11.2 Å². The Morgan fingerprint density at radius 3 is 3.00 bits per heavy atom. The monoisotopic (exact) mass is 372 g/mol. The minimum Gasteiger partial charge on any atom is -0.355 e. The van der Waals surface area contributed by atoms with Crippen LogP contribution in [0.2, 0.25) is 0 Å². The van der Waals surface area contributed by atoms with Gasteiger partial charge in [0.25, 0.3) is 0 Å². The van der Waals surface area contributed by atoms with Crippen LogP contribution in [0.1, 0.15) is 44.0 Å². The number of nitrogens with zero attached hydrogens (tertiary/aromatic N) is 3. The molecule has 1 amide bonds. The van der Waals surface area contributed by atoms with Crippen LogP contribution in [0.5, 0.6) is 0 Å². The number of likely N-dealkylation sites (tertiary alicyclic amines) is 1. The van der Waals surface area contributed by atoms with Crippen LogP contribution < -0.4 is 5.32 Å². The fraction of sp³-hybridized carbons (Fsp3) is 0.550. The van der Waals surface area contributed by atoms with Crippen molar-refractivity contribution in [2.75, 3.05) is 19.6 Å². The van der Waals surface area contributed by atoms with Crippen molar-refractivity contribution < 1.29 is 4.79 Å². The van der Waals surface area contributed by atoms with Crippen LogP contribution in [0.25, 0.3) is 11.3 Å². The zero-order chi connectivity index (χ0) is 18.2. The molecule has 1 unspecified atom stereocenters. The number of piperidine rings is 1. The van der Waals surface area contributed by atoms with Gasteiger partial charge in [-0.2, -0.15) is 0 Å². The summed E-state index contributed by atoms with van der Waals surface area (Å²) < 4.78 is 0. The van der Waals surface area contributed by atoms with Crippen LogP contribution in [0.4, 0.5) is 0 Å². The molecule has 0 aliphatic carbocycles. The van der Waals surface area contributed by atoms with Gasteiger partial charge in [0.1, 0.15) is 0 Å². The highest BCUT2D eigenvalue weighted by molar-refractivity contribution is 7.09. The molecule has 26 heavy (non-hydrogen) atoms. The molecule has 1 fully saturated rings. The van der Waals surface area contributed by atoms with E-state index in [0.29, 0.717) is 0 Å². The van der Waals surface area contributed by atoms with Gasteiger partial charge in [-0.15, -0.1) is 11.3 Å². The molecule has 1 aliphatic heterocycles. The SMILES string of the molecule is CCCN1CCCCC1C(=O)NCCCc1nc(-c2ccncc2)cs1.